The van der Waals surface area contributed by atoms with E-state index < -0.39 is 18.5 Å². The third-order valence-corrected chi connectivity index (χ3v) is 5.69. The molecule has 0 heterocycles. The SMILES string of the molecule is O[C@H](SCCS[C@@H](O)C(Cl)(Cl)Cl)C(Cl)(Cl)Cl. The molecule has 0 bridgehead atoms. The fourth-order valence-corrected chi connectivity index (χ4v) is 3.24. The number of hydrogen-bond donors (Lipinski definition) is 2. The zero-order valence-electron chi connectivity index (χ0n) is 7.55. The molecule has 0 aliphatic heterocycles. The number of aliphatic hydroxyl groups is 2. The molecule has 2 atom stereocenters. The van der Waals surface area contributed by atoms with E-state index in [1.807, 2.05) is 0 Å². The molecule has 0 aromatic heterocycles. The van der Waals surface area contributed by atoms with Gasteiger partial charge in [0.2, 0.25) is 7.59 Å². The summed E-state index contributed by atoms with van der Waals surface area (Å²) in [6.45, 7) is 0. The van der Waals surface area contributed by atoms with Crippen molar-refractivity contribution in [1.29, 1.82) is 0 Å². The summed E-state index contributed by atoms with van der Waals surface area (Å²) < 4.78 is -3.47. The Balaban J connectivity index is 3.70. The Morgan fingerprint density at radius 1 is 0.750 bits per heavy atom. The lowest BCUT2D eigenvalue weighted by atomic mass is 10.8. The molecule has 0 radical (unpaired) electrons. The van der Waals surface area contributed by atoms with Gasteiger partial charge in [0.1, 0.15) is 10.9 Å². The van der Waals surface area contributed by atoms with Crippen LogP contribution >= 0.6 is 93.1 Å². The second kappa shape index (κ2) is 7.83. The van der Waals surface area contributed by atoms with E-state index in [-0.39, 0.29) is 0 Å². The van der Waals surface area contributed by atoms with Crippen LogP contribution in [0.3, 0.4) is 0 Å². The Hall–Kier alpha value is 2.36. The standard InChI is InChI=1S/C6H8Cl6O2S2/c7-5(8,9)3(13)15-1-2-16-4(14)6(10,11)12/h3-4,13-14H,1-2H2/t3-,4-/m1/s1. The van der Waals surface area contributed by atoms with Gasteiger partial charge in [0.25, 0.3) is 0 Å². The number of alkyl halides is 6. The Morgan fingerprint density at radius 3 is 1.19 bits per heavy atom. The van der Waals surface area contributed by atoms with Gasteiger partial charge in [-0.3, -0.25) is 0 Å². The van der Waals surface area contributed by atoms with Crippen molar-refractivity contribution in [2.75, 3.05) is 11.5 Å². The normalized spacial score (nSPS) is 17.2. The molecular formula is C6H8Cl6O2S2. The molecule has 16 heavy (non-hydrogen) atoms. The summed E-state index contributed by atoms with van der Waals surface area (Å²) in [7, 11) is 0. The first-order valence-electron chi connectivity index (χ1n) is 3.78. The van der Waals surface area contributed by atoms with Crippen LogP contribution < -0.4 is 0 Å². The van der Waals surface area contributed by atoms with Gasteiger partial charge < -0.3 is 10.2 Å². The Morgan fingerprint density at radius 2 is 1.00 bits per heavy atom. The van der Waals surface area contributed by atoms with E-state index in [1.165, 1.54) is 0 Å². The van der Waals surface area contributed by atoms with Crippen LogP contribution in [0, 0.1) is 0 Å². The molecule has 0 saturated carbocycles. The third kappa shape index (κ3) is 8.46. The average molecular weight is 389 g/mol. The smallest absolute Gasteiger partial charge is 0.225 e. The largest absolute Gasteiger partial charge is 0.378 e. The van der Waals surface area contributed by atoms with E-state index >= 15 is 0 Å². The summed E-state index contributed by atoms with van der Waals surface area (Å²) in [6.07, 6.45) is 0. The number of rotatable bonds is 5. The van der Waals surface area contributed by atoms with Crippen LogP contribution in [-0.4, -0.2) is 40.2 Å². The molecule has 0 aromatic rings. The number of aliphatic hydroxyl groups excluding tert-OH is 2. The molecule has 0 aliphatic rings. The van der Waals surface area contributed by atoms with E-state index in [9.17, 15) is 10.2 Å². The van der Waals surface area contributed by atoms with Crippen molar-refractivity contribution < 1.29 is 10.2 Å². The summed E-state index contributed by atoms with van der Waals surface area (Å²) in [5.74, 6) is 0.884. The molecule has 0 aromatic carbocycles. The monoisotopic (exact) mass is 386 g/mol. The van der Waals surface area contributed by atoms with Gasteiger partial charge in [-0.15, -0.1) is 23.5 Å². The van der Waals surface area contributed by atoms with Gasteiger partial charge in [0.15, 0.2) is 0 Å². The van der Waals surface area contributed by atoms with Crippen LogP contribution in [0.15, 0.2) is 0 Å². The fraction of sp³-hybridized carbons (Fsp3) is 1.00. The summed E-state index contributed by atoms with van der Waals surface area (Å²) in [4.78, 5) is 0. The van der Waals surface area contributed by atoms with Gasteiger partial charge in [-0.05, 0) is 0 Å². The van der Waals surface area contributed by atoms with Crippen molar-refractivity contribution in [3.63, 3.8) is 0 Å². The second-order valence-electron chi connectivity index (χ2n) is 2.53. The van der Waals surface area contributed by atoms with Gasteiger partial charge in [-0.2, -0.15) is 0 Å². The molecule has 98 valence electrons. The lowest BCUT2D eigenvalue weighted by Gasteiger charge is -2.20. The summed E-state index contributed by atoms with van der Waals surface area (Å²) >= 11 is 34.7. The van der Waals surface area contributed by atoms with Crippen molar-refractivity contribution >= 4 is 93.1 Å². The Bertz CT molecular complexity index is 184. The van der Waals surface area contributed by atoms with Crippen LogP contribution in [0.2, 0.25) is 0 Å². The molecule has 0 saturated heterocycles. The number of thioether (sulfide) groups is 2. The van der Waals surface area contributed by atoms with Crippen LogP contribution in [-0.2, 0) is 0 Å². The van der Waals surface area contributed by atoms with Gasteiger partial charge >= 0.3 is 0 Å². The highest BCUT2D eigenvalue weighted by atomic mass is 35.6. The van der Waals surface area contributed by atoms with Crippen LogP contribution in [0.5, 0.6) is 0 Å². The average Bonchev–Trinajstić information content (AvgIpc) is 2.08. The number of halogens is 6. The zero-order valence-corrected chi connectivity index (χ0v) is 13.7. The van der Waals surface area contributed by atoms with Gasteiger partial charge in [-0.1, -0.05) is 69.6 Å². The van der Waals surface area contributed by atoms with E-state index in [4.69, 9.17) is 69.6 Å². The first kappa shape index (κ1) is 18.4. The maximum absolute atomic E-state index is 9.33. The minimum Gasteiger partial charge on any atom is -0.378 e. The molecule has 0 fully saturated rings. The van der Waals surface area contributed by atoms with Gasteiger partial charge in [0, 0.05) is 11.5 Å². The molecular weight excluding hydrogens is 381 g/mol. The molecule has 10 heteroatoms. The van der Waals surface area contributed by atoms with E-state index in [0.29, 0.717) is 11.5 Å². The van der Waals surface area contributed by atoms with Crippen molar-refractivity contribution in [3.05, 3.63) is 0 Å². The predicted molar refractivity (Wildman–Crippen MR) is 77.5 cm³/mol. The fourth-order valence-electron chi connectivity index (χ4n) is 0.508. The Labute approximate surface area is 132 Å². The minimum atomic E-state index is -1.73. The van der Waals surface area contributed by atoms with Gasteiger partial charge in [0.05, 0.1) is 0 Å². The molecule has 0 aliphatic carbocycles. The van der Waals surface area contributed by atoms with Crippen LogP contribution in [0.4, 0.5) is 0 Å². The lowest BCUT2D eigenvalue weighted by Crippen LogP contribution is -2.23. The van der Waals surface area contributed by atoms with E-state index in [2.05, 4.69) is 0 Å². The molecule has 0 amide bonds. The highest BCUT2D eigenvalue weighted by molar-refractivity contribution is 8.03. The second-order valence-corrected chi connectivity index (χ2v) is 9.64. The minimum absolute atomic E-state index is 0.442. The summed E-state index contributed by atoms with van der Waals surface area (Å²) in [5, 5.41) is 18.7. The molecule has 2 N–H and O–H groups in total. The molecule has 0 spiro atoms. The van der Waals surface area contributed by atoms with Crippen LogP contribution in [0.25, 0.3) is 0 Å². The maximum atomic E-state index is 9.33. The summed E-state index contributed by atoms with van der Waals surface area (Å²) in [6, 6.07) is 0. The highest BCUT2D eigenvalue weighted by Gasteiger charge is 2.32. The molecule has 2 nitrogen and oxygen atoms in total. The van der Waals surface area contributed by atoms with E-state index in [0.717, 1.165) is 23.5 Å². The molecule has 0 unspecified atom stereocenters. The highest BCUT2D eigenvalue weighted by Crippen LogP contribution is 2.38. The zero-order chi connectivity index (χ0) is 13.0. The van der Waals surface area contributed by atoms with Crippen molar-refractivity contribution in [3.8, 4) is 0 Å². The predicted octanol–water partition coefficient (Wildman–Crippen LogP) is 3.83. The first-order valence-corrected chi connectivity index (χ1v) is 8.14. The van der Waals surface area contributed by atoms with Crippen LogP contribution in [0.1, 0.15) is 0 Å². The van der Waals surface area contributed by atoms with Crippen molar-refractivity contribution in [2.45, 2.75) is 18.5 Å². The number of hydrogen-bond acceptors (Lipinski definition) is 4. The first-order chi connectivity index (χ1) is 7.05. The van der Waals surface area contributed by atoms with E-state index in [1.54, 1.807) is 0 Å². The summed E-state index contributed by atoms with van der Waals surface area (Å²) in [5.41, 5.74) is -2.27. The van der Waals surface area contributed by atoms with Gasteiger partial charge in [-0.25, -0.2) is 0 Å². The maximum Gasteiger partial charge on any atom is 0.225 e. The van der Waals surface area contributed by atoms with Crippen molar-refractivity contribution in [1.82, 2.24) is 0 Å². The Kier molecular flexibility index (Phi) is 8.98. The topological polar surface area (TPSA) is 40.5 Å². The quantitative estimate of drug-likeness (QED) is 0.426. The lowest BCUT2D eigenvalue weighted by molar-refractivity contribution is 0.267. The third-order valence-electron chi connectivity index (χ3n) is 1.19. The van der Waals surface area contributed by atoms with Crippen molar-refractivity contribution in [2.24, 2.45) is 0 Å². The molecule has 0 rings (SSSR count).